The van der Waals surface area contributed by atoms with Crippen LogP contribution in [0, 0.1) is 0 Å². The van der Waals surface area contributed by atoms with Crippen LogP contribution in [0.25, 0.3) is 57.1 Å². The highest BCUT2D eigenvalue weighted by atomic mass is 16.4. The normalized spacial score (nSPS) is 11.9. The Labute approximate surface area is 234 Å². The van der Waals surface area contributed by atoms with E-state index in [9.17, 15) is 0 Å². The maximum absolute atomic E-state index is 5.99. The van der Waals surface area contributed by atoms with Crippen molar-refractivity contribution >= 4 is 11.1 Å². The third-order valence-corrected chi connectivity index (χ3v) is 5.98. The van der Waals surface area contributed by atoms with E-state index in [1.165, 1.54) is 0 Å². The van der Waals surface area contributed by atoms with Gasteiger partial charge >= 0.3 is 0 Å². The molecule has 6 aromatic heterocycles. The zero-order valence-electron chi connectivity index (χ0n) is 21.9. The minimum Gasteiger partial charge on any atom is -0.415 e. The Morgan fingerprint density at radius 2 is 1.07 bits per heavy atom. The molecule has 198 valence electrons. The molecule has 0 fully saturated rings. The summed E-state index contributed by atoms with van der Waals surface area (Å²) in [6, 6.07) is 22.4. The lowest BCUT2D eigenvalue weighted by atomic mass is 10.1. The molecule has 0 saturated heterocycles. The molecule has 0 saturated carbocycles. The van der Waals surface area contributed by atoms with Gasteiger partial charge in [0.2, 0.25) is 11.8 Å². The topological polar surface area (TPSA) is 129 Å². The van der Waals surface area contributed by atoms with Crippen LogP contribution in [0.4, 0.5) is 0 Å². The third kappa shape index (κ3) is 5.48. The second kappa shape index (κ2) is 11.5. The fourth-order valence-corrected chi connectivity index (χ4v) is 3.95. The molecular weight excluding hydrogens is 516 g/mol. The summed E-state index contributed by atoms with van der Waals surface area (Å²) in [5.74, 6) is 1.12. The number of aromatic nitrogens is 8. The van der Waals surface area contributed by atoms with Gasteiger partial charge in [0, 0.05) is 23.5 Å². The zero-order chi connectivity index (χ0) is 28.0. The summed E-state index contributed by atoms with van der Waals surface area (Å²) < 4.78 is 12.0. The van der Waals surface area contributed by atoms with Gasteiger partial charge in [-0.3, -0.25) is 9.97 Å². The predicted octanol–water partition coefficient (Wildman–Crippen LogP) is 6.37. The van der Waals surface area contributed by atoms with Crippen molar-refractivity contribution in [3.63, 3.8) is 0 Å². The molecule has 10 nitrogen and oxygen atoms in total. The van der Waals surface area contributed by atoms with Crippen LogP contribution in [0.3, 0.4) is 0 Å². The molecule has 41 heavy (non-hydrogen) atoms. The first-order valence-electron chi connectivity index (χ1n) is 12.7. The molecule has 0 atom stereocenters. The molecule has 0 aliphatic heterocycles. The number of rotatable bonds is 8. The summed E-state index contributed by atoms with van der Waals surface area (Å²) in [7, 11) is 0. The molecule has 0 aliphatic rings. The monoisotopic (exact) mass is 538 g/mol. The summed E-state index contributed by atoms with van der Waals surface area (Å²) >= 11 is 0. The summed E-state index contributed by atoms with van der Waals surface area (Å²) in [5, 5.41) is 16.9. The van der Waals surface area contributed by atoms with E-state index in [1.807, 2.05) is 73.7 Å². The van der Waals surface area contributed by atoms with Crippen LogP contribution in [0.1, 0.15) is 18.7 Å². The number of hydrogen-bond donors (Lipinski definition) is 0. The van der Waals surface area contributed by atoms with E-state index < -0.39 is 0 Å². The summed E-state index contributed by atoms with van der Waals surface area (Å²) in [6.07, 6.45) is 8.69. The van der Waals surface area contributed by atoms with Crippen LogP contribution in [0.15, 0.2) is 119 Å². The van der Waals surface area contributed by atoms with Gasteiger partial charge in [-0.15, -0.1) is 20.4 Å². The minimum absolute atomic E-state index is 0.267. The lowest BCUT2D eigenvalue weighted by Gasteiger charge is -2.01. The fourth-order valence-electron chi connectivity index (χ4n) is 3.95. The van der Waals surface area contributed by atoms with Crippen LogP contribution < -0.4 is 0 Å². The average molecular weight is 539 g/mol. The van der Waals surface area contributed by atoms with Crippen molar-refractivity contribution in [1.82, 2.24) is 40.3 Å². The average Bonchev–Trinajstić information content (AvgIpc) is 3.74. The van der Waals surface area contributed by atoms with E-state index in [2.05, 4.69) is 46.9 Å². The van der Waals surface area contributed by atoms with Crippen LogP contribution in [-0.4, -0.2) is 40.3 Å². The van der Waals surface area contributed by atoms with Crippen molar-refractivity contribution < 1.29 is 8.83 Å². The van der Waals surface area contributed by atoms with E-state index in [4.69, 9.17) is 8.83 Å². The quantitative estimate of drug-likeness (QED) is 0.201. The van der Waals surface area contributed by atoms with E-state index >= 15 is 0 Å². The largest absolute Gasteiger partial charge is 0.415 e. The molecule has 0 unspecified atom stereocenters. The lowest BCUT2D eigenvalue weighted by molar-refractivity contribution is 0.550. The lowest BCUT2D eigenvalue weighted by Crippen LogP contribution is -1.89. The summed E-state index contributed by atoms with van der Waals surface area (Å²) in [6.45, 7) is 5.78. The number of nitrogens with zero attached hydrogens (tertiary/aromatic N) is 8. The van der Waals surface area contributed by atoms with Gasteiger partial charge < -0.3 is 8.83 Å². The molecule has 0 aromatic carbocycles. The van der Waals surface area contributed by atoms with Gasteiger partial charge in [-0.1, -0.05) is 43.0 Å². The van der Waals surface area contributed by atoms with E-state index in [0.717, 1.165) is 11.4 Å². The summed E-state index contributed by atoms with van der Waals surface area (Å²) in [5.41, 5.74) is 5.19. The highest BCUT2D eigenvalue weighted by Crippen LogP contribution is 2.27. The van der Waals surface area contributed by atoms with E-state index in [-0.39, 0.29) is 17.7 Å². The highest BCUT2D eigenvalue weighted by Gasteiger charge is 2.17. The van der Waals surface area contributed by atoms with E-state index in [1.54, 1.807) is 36.7 Å². The van der Waals surface area contributed by atoms with Gasteiger partial charge in [0.05, 0.1) is 22.8 Å². The SMILES string of the molecule is C=C/C(=C\C(=C/C)c1nnc(-c2cccc(-c3ccccn3)n2)o1)c1nnc(-c2cccc(-c3ccccn3)n2)o1. The second-order valence-electron chi connectivity index (χ2n) is 8.62. The number of hydrogen-bond acceptors (Lipinski definition) is 10. The van der Waals surface area contributed by atoms with Crippen molar-refractivity contribution in [1.29, 1.82) is 0 Å². The van der Waals surface area contributed by atoms with Gasteiger partial charge in [0.25, 0.3) is 11.8 Å². The Morgan fingerprint density at radius 1 is 0.585 bits per heavy atom. The molecular formula is C31H22N8O2. The van der Waals surface area contributed by atoms with Crippen molar-refractivity contribution in [3.8, 4) is 45.9 Å². The zero-order valence-corrected chi connectivity index (χ0v) is 21.9. The van der Waals surface area contributed by atoms with Gasteiger partial charge in [0.15, 0.2) is 0 Å². The minimum atomic E-state index is 0.267. The van der Waals surface area contributed by atoms with Gasteiger partial charge in [0.1, 0.15) is 11.4 Å². The molecule has 6 aromatic rings. The van der Waals surface area contributed by atoms with Crippen LogP contribution in [0.5, 0.6) is 0 Å². The van der Waals surface area contributed by atoms with E-state index in [0.29, 0.717) is 39.8 Å². The molecule has 0 amide bonds. The first-order chi connectivity index (χ1) is 20.2. The Balaban J connectivity index is 1.26. The Hall–Kier alpha value is -5.90. The Kier molecular flexibility index (Phi) is 7.09. The van der Waals surface area contributed by atoms with Crippen molar-refractivity contribution in [2.75, 3.05) is 0 Å². The maximum Gasteiger partial charge on any atom is 0.266 e. The van der Waals surface area contributed by atoms with Crippen LogP contribution >= 0.6 is 0 Å². The number of pyridine rings is 4. The molecule has 10 heteroatoms. The second-order valence-corrected chi connectivity index (χ2v) is 8.62. The molecule has 6 rings (SSSR count). The van der Waals surface area contributed by atoms with Crippen molar-refractivity contribution in [2.24, 2.45) is 0 Å². The standard InChI is InChI=1S/C31H22N8O2/c1-3-20(28-36-38-30(40-28)26-15-9-13-24(34-26)22-11-5-7-17-32-22)19-21(4-2)29-37-39-31(41-29)27-16-10-14-25(35-27)23-12-6-8-18-33-23/h3-19H,1H2,2H3/b20-19+,21-4+. The molecule has 0 aliphatic carbocycles. The summed E-state index contributed by atoms with van der Waals surface area (Å²) in [4.78, 5) is 18.0. The van der Waals surface area contributed by atoms with Gasteiger partial charge in [-0.05, 0) is 61.5 Å². The van der Waals surface area contributed by atoms with Crippen molar-refractivity contribution in [2.45, 2.75) is 6.92 Å². The smallest absolute Gasteiger partial charge is 0.266 e. The molecule has 6 heterocycles. The Morgan fingerprint density at radius 3 is 1.54 bits per heavy atom. The third-order valence-electron chi connectivity index (χ3n) is 5.98. The van der Waals surface area contributed by atoms with Gasteiger partial charge in [-0.2, -0.15) is 0 Å². The highest BCUT2D eigenvalue weighted by molar-refractivity contribution is 5.83. The molecule has 0 N–H and O–H groups in total. The first-order valence-corrected chi connectivity index (χ1v) is 12.7. The maximum atomic E-state index is 5.99. The molecule has 0 bridgehead atoms. The fraction of sp³-hybridized carbons (Fsp3) is 0.0323. The van der Waals surface area contributed by atoms with Crippen LogP contribution in [0.2, 0.25) is 0 Å². The van der Waals surface area contributed by atoms with Gasteiger partial charge in [-0.25, -0.2) is 9.97 Å². The molecule has 0 radical (unpaired) electrons. The Bertz CT molecular complexity index is 1870. The number of allylic oxidation sites excluding steroid dienone is 5. The first kappa shape index (κ1) is 25.4. The predicted molar refractivity (Wildman–Crippen MR) is 153 cm³/mol. The van der Waals surface area contributed by atoms with Crippen molar-refractivity contribution in [3.05, 3.63) is 122 Å². The molecule has 0 spiro atoms. The van der Waals surface area contributed by atoms with Crippen LogP contribution in [-0.2, 0) is 0 Å².